The van der Waals surface area contributed by atoms with Crippen molar-refractivity contribution < 1.29 is 0 Å². The molecule has 436 valence electrons. The van der Waals surface area contributed by atoms with E-state index in [0.29, 0.717) is 0 Å². The number of benzene rings is 9. The van der Waals surface area contributed by atoms with Crippen molar-refractivity contribution in [1.29, 1.82) is 0 Å². The summed E-state index contributed by atoms with van der Waals surface area (Å²) in [7, 11) is -3.25. The van der Waals surface area contributed by atoms with Gasteiger partial charge in [0.05, 0.1) is 27.6 Å². The Morgan fingerprint density at radius 2 is 0.770 bits per heavy atom. The number of nitrogens with zero attached hydrogens (tertiary/aromatic N) is 3. The van der Waals surface area contributed by atoms with Crippen LogP contribution in [-0.2, 0) is 37.9 Å². The highest BCUT2D eigenvalue weighted by atomic mass is 28.3. The molecule has 3 nitrogen and oxygen atoms in total. The van der Waals surface area contributed by atoms with Gasteiger partial charge in [0, 0.05) is 54.9 Å². The Morgan fingerprint density at radius 3 is 1.34 bits per heavy atom. The van der Waals surface area contributed by atoms with Gasteiger partial charge in [0.1, 0.15) is 0 Å². The monoisotopic (exact) mass is 1150 g/mol. The highest BCUT2D eigenvalue weighted by Crippen LogP contribution is 2.48. The number of hydrogen-bond donors (Lipinski definition) is 0. The molecule has 3 aromatic heterocycles. The topological polar surface area (TPSA) is 14.8 Å². The normalized spacial score (nSPS) is 15.3. The molecule has 0 saturated heterocycles. The average Bonchev–Trinajstić information content (AvgIpc) is 1.52. The molecule has 12 aromatic rings. The zero-order chi connectivity index (χ0) is 61.5. The molecular weight excluding hydrogens is 1070 g/mol. The van der Waals surface area contributed by atoms with Crippen LogP contribution in [-0.4, -0.2) is 28.5 Å². The lowest BCUT2D eigenvalue weighted by atomic mass is 9.33. The van der Waals surface area contributed by atoms with Gasteiger partial charge in [0.15, 0.2) is 8.07 Å². The van der Waals surface area contributed by atoms with Gasteiger partial charge in [-0.15, -0.1) is 0 Å². The zero-order valence-corrected chi connectivity index (χ0v) is 56.7. The standard InChI is InChI=1S/C82H86BN3Si/c1-76(2,3)45-22-28-52(29-23-45)84-63-40-47(78(7,8)9)26-32-55(63)69-64(84)44-59-56-36-46(77(4,5)6)27-33-61(56)85-62-34-35-65-75-70(62)83(71(69)74(59)85)60-39-50(81(16,17)18)37-57-58-38-51(82(19,20)21)43-68(73(58)86(75)72(57)60)87(65)66-41-48(79(10,11)12)24-30-53(66)54-31-25-49(42-67(54)87)80(13,14)15/h22-44H,1-21H3. The molecule has 0 unspecified atom stereocenters. The highest BCUT2D eigenvalue weighted by Gasteiger charge is 2.57. The number of aromatic nitrogens is 3. The molecule has 0 amide bonds. The molecule has 5 heteroatoms. The van der Waals surface area contributed by atoms with Crippen LogP contribution in [0.3, 0.4) is 0 Å². The van der Waals surface area contributed by atoms with Crippen molar-refractivity contribution in [3.63, 3.8) is 0 Å². The first-order chi connectivity index (χ1) is 40.6. The molecular formula is C82H86BN3Si. The summed E-state index contributed by atoms with van der Waals surface area (Å²) in [6, 6.07) is 58.6. The molecule has 0 N–H and O–H groups in total. The van der Waals surface area contributed by atoms with Crippen LogP contribution in [0.5, 0.6) is 0 Å². The largest absolute Gasteiger partial charge is 0.310 e. The lowest BCUT2D eigenvalue weighted by Gasteiger charge is -2.43. The summed E-state index contributed by atoms with van der Waals surface area (Å²) in [6.07, 6.45) is 0. The zero-order valence-electron chi connectivity index (χ0n) is 55.7. The fraction of sp³-hybridized carbons (Fsp3) is 0.341. The molecule has 0 aliphatic carbocycles. The Kier molecular flexibility index (Phi) is 10.5. The van der Waals surface area contributed by atoms with Crippen LogP contribution < -0.4 is 37.1 Å². The first-order valence-electron chi connectivity index (χ1n) is 32.4. The third kappa shape index (κ3) is 7.18. The maximum Gasteiger partial charge on any atom is 0.253 e. The molecule has 16 rings (SSSR count). The summed E-state index contributed by atoms with van der Waals surface area (Å²) in [5.41, 5.74) is 28.3. The summed E-state index contributed by atoms with van der Waals surface area (Å²) < 4.78 is 8.29. The van der Waals surface area contributed by atoms with E-state index in [1.807, 2.05) is 0 Å². The van der Waals surface area contributed by atoms with E-state index in [-0.39, 0.29) is 44.6 Å². The van der Waals surface area contributed by atoms with E-state index in [2.05, 4.69) is 299 Å². The Bertz CT molecular complexity index is 5050. The smallest absolute Gasteiger partial charge is 0.253 e. The average molecular weight is 1150 g/mol. The lowest BCUT2D eigenvalue weighted by molar-refractivity contribution is 0.590. The Labute approximate surface area is 517 Å². The molecule has 9 aromatic carbocycles. The van der Waals surface area contributed by atoms with E-state index >= 15 is 0 Å². The number of rotatable bonds is 1. The van der Waals surface area contributed by atoms with Crippen LogP contribution in [0.4, 0.5) is 0 Å². The van der Waals surface area contributed by atoms with Crippen LogP contribution in [0.2, 0.25) is 0 Å². The van der Waals surface area contributed by atoms with Crippen molar-refractivity contribution in [2.24, 2.45) is 0 Å². The van der Waals surface area contributed by atoms with Crippen LogP contribution >= 0.6 is 0 Å². The third-order valence-electron chi connectivity index (χ3n) is 21.5. The maximum absolute atomic E-state index is 3.25. The summed E-state index contributed by atoms with van der Waals surface area (Å²) in [5.74, 6) is 0. The van der Waals surface area contributed by atoms with E-state index in [0.717, 1.165) is 0 Å². The van der Waals surface area contributed by atoms with E-state index in [1.54, 1.807) is 15.6 Å². The van der Waals surface area contributed by atoms with Gasteiger partial charge in [-0.2, -0.15) is 0 Å². The third-order valence-corrected chi connectivity index (χ3v) is 26.3. The molecule has 0 radical (unpaired) electrons. The Morgan fingerprint density at radius 1 is 0.299 bits per heavy atom. The van der Waals surface area contributed by atoms with Gasteiger partial charge in [-0.1, -0.05) is 230 Å². The van der Waals surface area contributed by atoms with Gasteiger partial charge < -0.3 is 13.7 Å². The second-order valence-electron chi connectivity index (χ2n) is 34.3. The maximum atomic E-state index is 2.87. The van der Waals surface area contributed by atoms with Crippen molar-refractivity contribution in [1.82, 2.24) is 13.7 Å². The molecule has 4 aliphatic heterocycles. The van der Waals surface area contributed by atoms with E-state index in [4.69, 9.17) is 0 Å². The summed E-state index contributed by atoms with van der Waals surface area (Å²) >= 11 is 0. The minimum absolute atomic E-state index is 0.0213. The minimum atomic E-state index is -3.25. The SMILES string of the molecule is CC(C)(C)c1ccc(-n2c3cc(C(C)(C)C)ccc3c3c4c5c(cc32)c2cc(C(C)(C)C)ccc2n5-c2ccc3c5c2B4c2cc(C(C)(C)C)cc4c6cc(C(C)(C)C)cc(c6n-5c24)[Si]32c3cc(C(C)(C)C)ccc3-c3ccc(C(C)(C)C)cc32)cc1. The molecule has 0 fully saturated rings. The van der Waals surface area contributed by atoms with Crippen molar-refractivity contribution in [2.45, 2.75) is 183 Å². The second kappa shape index (κ2) is 16.7. The van der Waals surface area contributed by atoms with Crippen molar-refractivity contribution in [3.8, 4) is 28.2 Å². The van der Waals surface area contributed by atoms with E-state index < -0.39 is 8.07 Å². The fourth-order valence-corrected chi connectivity index (χ4v) is 22.2. The summed E-state index contributed by atoms with van der Waals surface area (Å²) in [5, 5.41) is 14.3. The highest BCUT2D eigenvalue weighted by molar-refractivity contribution is 7.24. The van der Waals surface area contributed by atoms with Gasteiger partial charge in [-0.3, -0.25) is 0 Å². The predicted molar refractivity (Wildman–Crippen MR) is 381 cm³/mol. The first kappa shape index (κ1) is 55.0. The summed E-state index contributed by atoms with van der Waals surface area (Å²) in [4.78, 5) is 0. The molecule has 0 bridgehead atoms. The Hall–Kier alpha value is -7.34. The fourth-order valence-electron chi connectivity index (χ4n) is 16.5. The quantitative estimate of drug-likeness (QED) is 0.146. The van der Waals surface area contributed by atoms with Gasteiger partial charge in [-0.25, -0.2) is 0 Å². The molecule has 7 heterocycles. The van der Waals surface area contributed by atoms with Gasteiger partial charge >= 0.3 is 0 Å². The molecule has 87 heavy (non-hydrogen) atoms. The van der Waals surface area contributed by atoms with E-state index in [1.165, 1.54) is 154 Å². The van der Waals surface area contributed by atoms with Crippen LogP contribution in [0.1, 0.15) is 184 Å². The van der Waals surface area contributed by atoms with Gasteiger partial charge in [0.2, 0.25) is 0 Å². The van der Waals surface area contributed by atoms with Crippen LogP contribution in [0, 0.1) is 0 Å². The lowest BCUT2D eigenvalue weighted by Crippen LogP contribution is -2.77. The van der Waals surface area contributed by atoms with Crippen molar-refractivity contribution in [2.75, 3.05) is 0 Å². The predicted octanol–water partition coefficient (Wildman–Crippen LogP) is 16.9. The van der Waals surface area contributed by atoms with Crippen molar-refractivity contribution >= 4 is 117 Å². The molecule has 0 atom stereocenters. The Balaban J connectivity index is 1.18. The van der Waals surface area contributed by atoms with E-state index in [9.17, 15) is 0 Å². The van der Waals surface area contributed by atoms with Gasteiger partial charge in [0.25, 0.3) is 6.71 Å². The van der Waals surface area contributed by atoms with Crippen LogP contribution in [0.25, 0.3) is 93.6 Å². The molecule has 4 aliphatic rings. The molecule has 0 saturated carbocycles. The van der Waals surface area contributed by atoms with Gasteiger partial charge in [-0.05, 0) is 180 Å². The second-order valence-corrected chi connectivity index (χ2v) is 38.0. The molecule has 1 spiro atoms. The van der Waals surface area contributed by atoms with Crippen LogP contribution in [0.15, 0.2) is 140 Å². The number of fused-ring (bicyclic) bond motifs is 18. The number of hydrogen-bond acceptors (Lipinski definition) is 0. The minimum Gasteiger partial charge on any atom is -0.310 e. The van der Waals surface area contributed by atoms with Crippen molar-refractivity contribution in [3.05, 3.63) is 178 Å². The first-order valence-corrected chi connectivity index (χ1v) is 34.4. The summed E-state index contributed by atoms with van der Waals surface area (Å²) in [6.45, 7) is 50.2.